The topological polar surface area (TPSA) is 67.8 Å². The summed E-state index contributed by atoms with van der Waals surface area (Å²) in [6.45, 7) is 3.88. The van der Waals surface area contributed by atoms with Crippen molar-refractivity contribution in [1.29, 1.82) is 0 Å². The number of ether oxygens (including phenoxy) is 2. The van der Waals surface area contributed by atoms with Gasteiger partial charge in [0, 0.05) is 20.3 Å². The molecule has 0 fully saturated rings. The van der Waals surface area contributed by atoms with Gasteiger partial charge in [0.25, 0.3) is 0 Å². The number of aliphatic hydroxyl groups excluding tert-OH is 1. The van der Waals surface area contributed by atoms with Gasteiger partial charge in [0.2, 0.25) is 5.91 Å². The summed E-state index contributed by atoms with van der Waals surface area (Å²) in [5, 5.41) is 11.7. The van der Waals surface area contributed by atoms with Crippen molar-refractivity contribution in [1.82, 2.24) is 5.32 Å². The van der Waals surface area contributed by atoms with Crippen molar-refractivity contribution in [2.75, 3.05) is 40.1 Å². The normalized spacial score (nSPS) is 12.4. The minimum absolute atomic E-state index is 0.0708. The Morgan fingerprint density at radius 3 is 2.71 bits per heavy atom. The van der Waals surface area contributed by atoms with E-state index in [4.69, 9.17) is 14.6 Å². The van der Waals surface area contributed by atoms with Crippen LogP contribution in [0.4, 0.5) is 0 Å². The van der Waals surface area contributed by atoms with E-state index in [9.17, 15) is 4.79 Å². The average Bonchev–Trinajstić information content (AvgIpc) is 2.32. The molecule has 0 bridgehead atoms. The molecule has 0 aliphatic carbocycles. The molecule has 0 saturated carbocycles. The van der Waals surface area contributed by atoms with E-state index >= 15 is 0 Å². The minimum Gasteiger partial charge on any atom is -0.396 e. The highest BCUT2D eigenvalue weighted by molar-refractivity contribution is 5.77. The first-order chi connectivity index (χ1) is 8.24. The predicted octanol–water partition coefficient (Wildman–Crippen LogP) is 0.564. The van der Waals surface area contributed by atoms with Crippen molar-refractivity contribution in [2.24, 2.45) is 5.92 Å². The molecule has 0 aromatic heterocycles. The molecule has 0 aliphatic rings. The van der Waals surface area contributed by atoms with E-state index in [1.807, 2.05) is 0 Å². The van der Waals surface area contributed by atoms with Crippen LogP contribution in [0.3, 0.4) is 0 Å². The second kappa shape index (κ2) is 11.8. The van der Waals surface area contributed by atoms with Gasteiger partial charge < -0.3 is 19.9 Å². The fraction of sp³-hybridized carbons (Fsp3) is 0.917. The van der Waals surface area contributed by atoms with Gasteiger partial charge in [-0.2, -0.15) is 0 Å². The zero-order valence-electron chi connectivity index (χ0n) is 10.9. The summed E-state index contributed by atoms with van der Waals surface area (Å²) in [5.41, 5.74) is 0. The summed E-state index contributed by atoms with van der Waals surface area (Å²) in [6, 6.07) is 0. The summed E-state index contributed by atoms with van der Waals surface area (Å²) in [6.07, 6.45) is 2.81. The van der Waals surface area contributed by atoms with E-state index in [0.717, 1.165) is 19.3 Å². The first-order valence-electron chi connectivity index (χ1n) is 6.18. The van der Waals surface area contributed by atoms with Crippen LogP contribution in [0.5, 0.6) is 0 Å². The van der Waals surface area contributed by atoms with Gasteiger partial charge in [0.15, 0.2) is 0 Å². The molecule has 17 heavy (non-hydrogen) atoms. The lowest BCUT2D eigenvalue weighted by Crippen LogP contribution is -2.32. The van der Waals surface area contributed by atoms with Gasteiger partial charge in [-0.15, -0.1) is 0 Å². The van der Waals surface area contributed by atoms with Crippen molar-refractivity contribution in [3.63, 3.8) is 0 Å². The van der Waals surface area contributed by atoms with Crippen LogP contribution in [0, 0.1) is 5.92 Å². The highest BCUT2D eigenvalue weighted by atomic mass is 16.5. The Morgan fingerprint density at radius 2 is 2.12 bits per heavy atom. The van der Waals surface area contributed by atoms with Crippen LogP contribution in [-0.4, -0.2) is 51.1 Å². The molecule has 1 atom stereocenters. The van der Waals surface area contributed by atoms with Gasteiger partial charge in [-0.05, 0) is 18.8 Å². The van der Waals surface area contributed by atoms with Crippen molar-refractivity contribution >= 4 is 5.91 Å². The van der Waals surface area contributed by atoms with Crippen LogP contribution in [0.1, 0.15) is 26.2 Å². The highest BCUT2D eigenvalue weighted by Crippen LogP contribution is 2.09. The number of carbonyl (C=O) groups excluding carboxylic acids is 1. The van der Waals surface area contributed by atoms with E-state index in [1.165, 1.54) is 0 Å². The van der Waals surface area contributed by atoms with Crippen LogP contribution in [0.25, 0.3) is 0 Å². The third-order valence-electron chi connectivity index (χ3n) is 2.49. The maximum absolute atomic E-state index is 11.4. The quantitative estimate of drug-likeness (QED) is 0.524. The number of amides is 1. The smallest absolute Gasteiger partial charge is 0.246 e. The summed E-state index contributed by atoms with van der Waals surface area (Å²) in [7, 11) is 1.59. The Bertz CT molecular complexity index is 181. The first-order valence-corrected chi connectivity index (χ1v) is 6.18. The lowest BCUT2D eigenvalue weighted by Gasteiger charge is -2.15. The third kappa shape index (κ3) is 10.2. The van der Waals surface area contributed by atoms with E-state index in [1.54, 1.807) is 7.11 Å². The molecule has 0 spiro atoms. The Hall–Kier alpha value is -0.650. The summed E-state index contributed by atoms with van der Waals surface area (Å²) >= 11 is 0. The molecule has 5 nitrogen and oxygen atoms in total. The van der Waals surface area contributed by atoms with Crippen LogP contribution < -0.4 is 5.32 Å². The van der Waals surface area contributed by atoms with Crippen LogP contribution >= 0.6 is 0 Å². The van der Waals surface area contributed by atoms with Crippen LogP contribution in [-0.2, 0) is 14.3 Å². The molecular formula is C12H25NO4. The van der Waals surface area contributed by atoms with E-state index in [-0.39, 0.29) is 19.1 Å². The molecule has 0 heterocycles. The molecule has 102 valence electrons. The van der Waals surface area contributed by atoms with Gasteiger partial charge in [0.1, 0.15) is 6.61 Å². The van der Waals surface area contributed by atoms with Gasteiger partial charge in [0.05, 0.1) is 13.2 Å². The zero-order valence-corrected chi connectivity index (χ0v) is 10.9. The van der Waals surface area contributed by atoms with Gasteiger partial charge in [-0.3, -0.25) is 4.79 Å². The van der Waals surface area contributed by atoms with Gasteiger partial charge in [-0.25, -0.2) is 0 Å². The van der Waals surface area contributed by atoms with E-state index < -0.39 is 0 Å². The molecule has 0 saturated heterocycles. The number of nitrogens with one attached hydrogen (secondary N) is 1. The zero-order chi connectivity index (χ0) is 12.9. The Kier molecular flexibility index (Phi) is 11.4. The first kappa shape index (κ1) is 16.4. The predicted molar refractivity (Wildman–Crippen MR) is 65.8 cm³/mol. The molecule has 2 N–H and O–H groups in total. The molecule has 0 aromatic carbocycles. The number of hydrogen-bond acceptors (Lipinski definition) is 4. The fourth-order valence-corrected chi connectivity index (χ4v) is 1.56. The maximum Gasteiger partial charge on any atom is 0.246 e. The van der Waals surface area contributed by atoms with Gasteiger partial charge >= 0.3 is 0 Å². The molecule has 0 radical (unpaired) electrons. The van der Waals surface area contributed by atoms with Crippen LogP contribution in [0.15, 0.2) is 0 Å². The number of carbonyl (C=O) groups is 1. The fourth-order valence-electron chi connectivity index (χ4n) is 1.56. The SMILES string of the molecule is CCCC(CCO)CNC(=O)COCCOC. The second-order valence-electron chi connectivity index (χ2n) is 4.02. The maximum atomic E-state index is 11.4. The number of aliphatic hydroxyl groups is 1. The largest absolute Gasteiger partial charge is 0.396 e. The molecule has 0 rings (SSSR count). The summed E-state index contributed by atoms with van der Waals surface area (Å²) in [4.78, 5) is 11.4. The standard InChI is InChI=1S/C12H25NO4/c1-3-4-11(5-6-14)9-13-12(15)10-17-8-7-16-2/h11,14H,3-10H2,1-2H3,(H,13,15). The monoisotopic (exact) mass is 247 g/mol. The molecule has 1 unspecified atom stereocenters. The summed E-state index contributed by atoms with van der Waals surface area (Å²) < 4.78 is 9.90. The Labute approximate surface area is 103 Å². The number of rotatable bonds is 11. The molecular weight excluding hydrogens is 222 g/mol. The van der Waals surface area contributed by atoms with E-state index in [0.29, 0.717) is 25.7 Å². The second-order valence-corrected chi connectivity index (χ2v) is 4.02. The van der Waals surface area contributed by atoms with Crippen LogP contribution in [0.2, 0.25) is 0 Å². The van der Waals surface area contributed by atoms with Crippen molar-refractivity contribution in [3.05, 3.63) is 0 Å². The number of methoxy groups -OCH3 is 1. The number of hydrogen-bond donors (Lipinski definition) is 2. The van der Waals surface area contributed by atoms with Crippen molar-refractivity contribution in [3.8, 4) is 0 Å². The van der Waals surface area contributed by atoms with Gasteiger partial charge in [-0.1, -0.05) is 13.3 Å². The van der Waals surface area contributed by atoms with Crippen molar-refractivity contribution in [2.45, 2.75) is 26.2 Å². The highest BCUT2D eigenvalue weighted by Gasteiger charge is 2.09. The molecule has 5 heteroatoms. The molecule has 0 aliphatic heterocycles. The van der Waals surface area contributed by atoms with Crippen molar-refractivity contribution < 1.29 is 19.4 Å². The molecule has 1 amide bonds. The lowest BCUT2D eigenvalue weighted by atomic mass is 10.0. The van der Waals surface area contributed by atoms with E-state index in [2.05, 4.69) is 12.2 Å². The third-order valence-corrected chi connectivity index (χ3v) is 2.49. The average molecular weight is 247 g/mol. The Morgan fingerprint density at radius 1 is 1.35 bits per heavy atom. The lowest BCUT2D eigenvalue weighted by molar-refractivity contribution is -0.126. The summed E-state index contributed by atoms with van der Waals surface area (Å²) in [5.74, 6) is 0.244. The molecule has 0 aromatic rings. The minimum atomic E-state index is -0.111. The Balaban J connectivity index is 3.57.